The SMILES string of the molecule is Cc1[nH]c2ccccc2c1C(=O)[C@H](C)[NH+](C)CC(=O)Nc1c(Cl)cccc1Cl. The van der Waals surface area contributed by atoms with Crippen molar-refractivity contribution in [1.82, 2.24) is 4.98 Å². The quantitative estimate of drug-likeness (QED) is 0.536. The van der Waals surface area contributed by atoms with Crippen molar-refractivity contribution < 1.29 is 14.5 Å². The Morgan fingerprint density at radius 2 is 1.75 bits per heavy atom. The second kappa shape index (κ2) is 8.35. The number of aromatic nitrogens is 1. The van der Waals surface area contributed by atoms with Gasteiger partial charge in [-0.25, -0.2) is 0 Å². The Balaban J connectivity index is 1.73. The number of carbonyl (C=O) groups excluding carboxylic acids is 2. The van der Waals surface area contributed by atoms with E-state index in [4.69, 9.17) is 23.2 Å². The summed E-state index contributed by atoms with van der Waals surface area (Å²) in [5.74, 6) is -0.265. The fraction of sp³-hybridized carbons (Fsp3) is 0.238. The number of rotatable bonds is 6. The maximum absolute atomic E-state index is 13.1. The van der Waals surface area contributed by atoms with E-state index in [1.165, 1.54) is 0 Å². The zero-order valence-corrected chi connectivity index (χ0v) is 17.4. The number of ketones is 1. The molecule has 0 bridgehead atoms. The first-order valence-corrected chi connectivity index (χ1v) is 9.73. The van der Waals surface area contributed by atoms with Crippen LogP contribution in [0, 0.1) is 6.92 Å². The fourth-order valence-electron chi connectivity index (χ4n) is 3.24. The molecule has 0 fully saturated rings. The second-order valence-electron chi connectivity index (χ2n) is 6.92. The van der Waals surface area contributed by atoms with Crippen molar-refractivity contribution in [2.75, 3.05) is 18.9 Å². The highest BCUT2D eigenvalue weighted by atomic mass is 35.5. The number of quaternary nitrogens is 1. The Morgan fingerprint density at radius 3 is 2.43 bits per heavy atom. The highest BCUT2D eigenvalue weighted by Crippen LogP contribution is 2.29. The van der Waals surface area contributed by atoms with Crippen LogP contribution in [0.15, 0.2) is 42.5 Å². The minimum Gasteiger partial charge on any atom is -0.358 e. The molecule has 1 unspecified atom stereocenters. The number of anilines is 1. The molecule has 0 saturated carbocycles. The second-order valence-corrected chi connectivity index (χ2v) is 7.74. The van der Waals surface area contributed by atoms with Crippen molar-refractivity contribution in [2.45, 2.75) is 19.9 Å². The number of para-hydroxylation sites is 2. The van der Waals surface area contributed by atoms with Gasteiger partial charge in [-0.15, -0.1) is 0 Å². The number of Topliss-reactive ketones (excluding diaryl/α,β-unsaturated/α-hetero) is 1. The van der Waals surface area contributed by atoms with E-state index in [0.717, 1.165) is 21.5 Å². The molecule has 146 valence electrons. The standard InChI is InChI=1S/C21H21Cl2N3O2/c1-12-19(14-7-4-5-10-17(14)24-12)21(28)13(2)26(3)11-18(27)25-20-15(22)8-6-9-16(20)23/h4-10,13,24H,11H2,1-3H3,(H,25,27)/p+1/t13-/m0/s1. The maximum atomic E-state index is 13.1. The lowest BCUT2D eigenvalue weighted by Gasteiger charge is -2.20. The number of likely N-dealkylation sites (N-methyl/N-ethyl adjacent to an activating group) is 1. The average molecular weight is 419 g/mol. The van der Waals surface area contributed by atoms with E-state index in [1.807, 2.05) is 45.2 Å². The lowest BCUT2D eigenvalue weighted by molar-refractivity contribution is -0.885. The summed E-state index contributed by atoms with van der Waals surface area (Å²) in [5, 5.41) is 4.38. The smallest absolute Gasteiger partial charge is 0.279 e. The molecule has 0 radical (unpaired) electrons. The Hall–Kier alpha value is -2.34. The van der Waals surface area contributed by atoms with Gasteiger partial charge in [0, 0.05) is 16.6 Å². The van der Waals surface area contributed by atoms with Gasteiger partial charge >= 0.3 is 0 Å². The molecule has 3 rings (SSSR count). The third-order valence-electron chi connectivity index (χ3n) is 4.94. The predicted octanol–water partition coefficient (Wildman–Crippen LogP) is 3.51. The molecule has 2 atom stereocenters. The normalized spacial score (nSPS) is 13.3. The van der Waals surface area contributed by atoms with Gasteiger partial charge in [-0.2, -0.15) is 0 Å². The van der Waals surface area contributed by atoms with Crippen LogP contribution in [0.2, 0.25) is 10.0 Å². The third kappa shape index (κ3) is 4.07. The number of H-pyrrole nitrogens is 1. The molecule has 0 spiro atoms. The summed E-state index contributed by atoms with van der Waals surface area (Å²) in [6.45, 7) is 3.83. The number of halogens is 2. The minimum atomic E-state index is -0.398. The van der Waals surface area contributed by atoms with Crippen LogP contribution >= 0.6 is 23.2 Å². The topological polar surface area (TPSA) is 66.4 Å². The molecule has 3 aromatic rings. The summed E-state index contributed by atoms with van der Waals surface area (Å²) in [6, 6.07) is 12.3. The van der Waals surface area contributed by atoms with E-state index in [2.05, 4.69) is 10.3 Å². The Bertz CT molecular complexity index is 1030. The number of amides is 1. The molecule has 1 aromatic heterocycles. The predicted molar refractivity (Wildman–Crippen MR) is 114 cm³/mol. The highest BCUT2D eigenvalue weighted by molar-refractivity contribution is 6.39. The largest absolute Gasteiger partial charge is 0.358 e. The number of benzene rings is 2. The number of nitrogens with one attached hydrogen (secondary N) is 3. The van der Waals surface area contributed by atoms with Crippen LogP contribution in [0.25, 0.3) is 10.9 Å². The van der Waals surface area contributed by atoms with Crippen molar-refractivity contribution >= 4 is 51.5 Å². The molecule has 3 N–H and O–H groups in total. The number of aryl methyl sites for hydroxylation is 1. The number of aromatic amines is 1. The Kier molecular flexibility index (Phi) is 6.08. The zero-order chi connectivity index (χ0) is 20.4. The lowest BCUT2D eigenvalue weighted by atomic mass is 10.0. The number of hydrogen-bond acceptors (Lipinski definition) is 2. The molecular formula is C21H22Cl2N3O2+. The molecule has 2 aromatic carbocycles. The first-order chi connectivity index (χ1) is 13.3. The molecule has 5 nitrogen and oxygen atoms in total. The summed E-state index contributed by atoms with van der Waals surface area (Å²) >= 11 is 12.2. The molecule has 1 amide bonds. The van der Waals surface area contributed by atoms with E-state index in [1.54, 1.807) is 18.2 Å². The fourth-order valence-corrected chi connectivity index (χ4v) is 3.73. The third-order valence-corrected chi connectivity index (χ3v) is 5.57. The van der Waals surface area contributed by atoms with E-state index in [9.17, 15) is 9.59 Å². The van der Waals surface area contributed by atoms with Crippen LogP contribution in [-0.4, -0.2) is 36.3 Å². The first kappa shape index (κ1) is 20.4. The van der Waals surface area contributed by atoms with Gasteiger partial charge in [0.25, 0.3) is 5.91 Å². The zero-order valence-electron chi connectivity index (χ0n) is 15.9. The minimum absolute atomic E-state index is 0.00368. The van der Waals surface area contributed by atoms with Crippen LogP contribution in [0.4, 0.5) is 5.69 Å². The summed E-state index contributed by atoms with van der Waals surface area (Å²) in [7, 11) is 1.82. The van der Waals surface area contributed by atoms with Crippen molar-refractivity contribution in [2.24, 2.45) is 0 Å². The molecule has 7 heteroatoms. The summed E-state index contributed by atoms with van der Waals surface area (Å²) in [4.78, 5) is 29.6. The van der Waals surface area contributed by atoms with Crippen molar-refractivity contribution in [3.63, 3.8) is 0 Å². The number of hydrogen-bond donors (Lipinski definition) is 3. The highest BCUT2D eigenvalue weighted by Gasteiger charge is 2.28. The van der Waals surface area contributed by atoms with Crippen molar-refractivity contribution in [3.8, 4) is 0 Å². The van der Waals surface area contributed by atoms with E-state index < -0.39 is 6.04 Å². The van der Waals surface area contributed by atoms with Gasteiger partial charge in [0.05, 0.1) is 28.3 Å². The van der Waals surface area contributed by atoms with E-state index >= 15 is 0 Å². The van der Waals surface area contributed by atoms with Crippen LogP contribution in [0.3, 0.4) is 0 Å². The molecular weight excluding hydrogens is 397 g/mol. The van der Waals surface area contributed by atoms with Gasteiger partial charge < -0.3 is 15.2 Å². The first-order valence-electron chi connectivity index (χ1n) is 8.97. The van der Waals surface area contributed by atoms with Crippen LogP contribution in [0.5, 0.6) is 0 Å². The van der Waals surface area contributed by atoms with Gasteiger partial charge in [0.1, 0.15) is 6.04 Å². The van der Waals surface area contributed by atoms with Crippen molar-refractivity contribution in [3.05, 3.63) is 63.8 Å². The number of carbonyl (C=O) groups is 2. The van der Waals surface area contributed by atoms with Gasteiger partial charge in [0.2, 0.25) is 5.78 Å². The van der Waals surface area contributed by atoms with Crippen LogP contribution in [0.1, 0.15) is 23.0 Å². The van der Waals surface area contributed by atoms with E-state index in [-0.39, 0.29) is 18.2 Å². The average Bonchev–Trinajstić information content (AvgIpc) is 2.99. The monoisotopic (exact) mass is 418 g/mol. The van der Waals surface area contributed by atoms with E-state index in [0.29, 0.717) is 21.3 Å². The Morgan fingerprint density at radius 1 is 1.11 bits per heavy atom. The molecule has 0 aliphatic heterocycles. The molecule has 1 heterocycles. The van der Waals surface area contributed by atoms with Gasteiger partial charge in [-0.1, -0.05) is 47.5 Å². The van der Waals surface area contributed by atoms with Crippen LogP contribution in [-0.2, 0) is 4.79 Å². The van der Waals surface area contributed by atoms with Gasteiger partial charge in [-0.05, 0) is 32.0 Å². The molecule has 0 aliphatic rings. The number of fused-ring (bicyclic) bond motifs is 1. The van der Waals surface area contributed by atoms with Crippen molar-refractivity contribution in [1.29, 1.82) is 0 Å². The summed E-state index contributed by atoms with van der Waals surface area (Å²) in [5.41, 5.74) is 2.82. The Labute approximate surface area is 173 Å². The van der Waals surface area contributed by atoms with Gasteiger partial charge in [-0.3, -0.25) is 9.59 Å². The van der Waals surface area contributed by atoms with Gasteiger partial charge in [0.15, 0.2) is 6.54 Å². The molecule has 0 saturated heterocycles. The molecule has 28 heavy (non-hydrogen) atoms. The summed E-state index contributed by atoms with van der Waals surface area (Å²) < 4.78 is 0. The van der Waals surface area contributed by atoms with Crippen LogP contribution < -0.4 is 10.2 Å². The lowest BCUT2D eigenvalue weighted by Crippen LogP contribution is -3.14. The maximum Gasteiger partial charge on any atom is 0.279 e. The summed E-state index contributed by atoms with van der Waals surface area (Å²) in [6.07, 6.45) is 0. The molecule has 0 aliphatic carbocycles.